The molecule has 0 aliphatic carbocycles. The van der Waals surface area contributed by atoms with E-state index in [2.05, 4.69) is 6.58 Å². The van der Waals surface area contributed by atoms with Gasteiger partial charge < -0.3 is 14.8 Å². The quantitative estimate of drug-likeness (QED) is 0.659. The first-order chi connectivity index (χ1) is 10.7. The van der Waals surface area contributed by atoms with E-state index in [9.17, 15) is 10.0 Å². The summed E-state index contributed by atoms with van der Waals surface area (Å²) < 4.78 is 5.80. The Morgan fingerprint density at radius 3 is 2.32 bits per heavy atom. The van der Waals surface area contributed by atoms with Gasteiger partial charge in [-0.05, 0) is 29.4 Å². The van der Waals surface area contributed by atoms with Crippen molar-refractivity contribution in [3.05, 3.63) is 60.7 Å². The number of fused-ring (bicyclic) bond motifs is 1. The van der Waals surface area contributed by atoms with E-state index in [1.807, 2.05) is 51.1 Å². The largest absolute Gasteiger partial charge is 0.489 e. The van der Waals surface area contributed by atoms with E-state index in [1.165, 1.54) is 0 Å². The minimum Gasteiger partial charge on any atom is -0.488 e. The summed E-state index contributed by atoms with van der Waals surface area (Å²) >= 11 is 0. The zero-order chi connectivity index (χ0) is 16.5. The van der Waals surface area contributed by atoms with Crippen molar-refractivity contribution in [3.63, 3.8) is 0 Å². The van der Waals surface area contributed by atoms with Crippen molar-refractivity contribution in [2.24, 2.45) is 0 Å². The Labute approximate surface area is 132 Å². The second-order valence-electron chi connectivity index (χ2n) is 4.43. The number of hydrogen-bond donors (Lipinski definition) is 2. The maximum atomic E-state index is 9.40. The zero-order valence-corrected chi connectivity index (χ0v) is 13.4. The predicted molar refractivity (Wildman–Crippen MR) is 94.6 cm³/mol. The standard InChI is InChI=1S/C16H17BO3.C2H6/c1-3-12(4-2)11-20-16-10-9-15(17(18)19)13-7-5-6-8-14(13)16;1-2/h3-10,18-19H,1,11H2,2H3;1-2H3/b12-4+;. The van der Waals surface area contributed by atoms with E-state index >= 15 is 0 Å². The van der Waals surface area contributed by atoms with Gasteiger partial charge in [0.25, 0.3) is 0 Å². The van der Waals surface area contributed by atoms with Crippen LogP contribution in [0.2, 0.25) is 0 Å². The smallest absolute Gasteiger partial charge is 0.488 e. The van der Waals surface area contributed by atoms with Crippen molar-refractivity contribution in [3.8, 4) is 5.75 Å². The maximum Gasteiger partial charge on any atom is 0.489 e. The summed E-state index contributed by atoms with van der Waals surface area (Å²) in [7, 11) is -1.49. The van der Waals surface area contributed by atoms with Crippen LogP contribution < -0.4 is 10.2 Å². The van der Waals surface area contributed by atoms with Crippen LogP contribution in [0.4, 0.5) is 0 Å². The maximum absolute atomic E-state index is 9.40. The third-order valence-electron chi connectivity index (χ3n) is 3.22. The Kier molecular flexibility index (Phi) is 7.43. The number of ether oxygens (including phenoxy) is 1. The fourth-order valence-electron chi connectivity index (χ4n) is 2.07. The van der Waals surface area contributed by atoms with E-state index < -0.39 is 7.12 Å². The second kappa shape index (κ2) is 9.08. The van der Waals surface area contributed by atoms with Crippen LogP contribution in [0, 0.1) is 0 Å². The highest BCUT2D eigenvalue weighted by Gasteiger charge is 2.16. The normalized spacial score (nSPS) is 10.7. The van der Waals surface area contributed by atoms with Crippen molar-refractivity contribution in [2.75, 3.05) is 6.61 Å². The van der Waals surface area contributed by atoms with Gasteiger partial charge in [-0.25, -0.2) is 0 Å². The molecule has 4 heteroatoms. The van der Waals surface area contributed by atoms with Gasteiger partial charge in [-0.2, -0.15) is 0 Å². The fraction of sp³-hybridized carbons (Fsp3) is 0.222. The molecule has 0 aromatic heterocycles. The zero-order valence-electron chi connectivity index (χ0n) is 13.4. The van der Waals surface area contributed by atoms with Gasteiger partial charge in [-0.1, -0.05) is 62.9 Å². The minimum atomic E-state index is -1.49. The Balaban J connectivity index is 0.00000116. The summed E-state index contributed by atoms with van der Waals surface area (Å²) in [6, 6.07) is 10.9. The molecule has 0 radical (unpaired) electrons. The van der Waals surface area contributed by atoms with Crippen molar-refractivity contribution in [2.45, 2.75) is 20.8 Å². The average Bonchev–Trinajstić information content (AvgIpc) is 2.57. The van der Waals surface area contributed by atoms with Crippen LogP contribution in [-0.4, -0.2) is 23.8 Å². The molecule has 0 atom stereocenters. The Hall–Kier alpha value is -2.04. The number of benzene rings is 2. The lowest BCUT2D eigenvalue weighted by molar-refractivity contribution is 0.359. The molecule has 0 saturated heterocycles. The van der Waals surface area contributed by atoms with E-state index in [1.54, 1.807) is 18.2 Å². The topological polar surface area (TPSA) is 49.7 Å². The molecule has 0 unspecified atom stereocenters. The summed E-state index contributed by atoms with van der Waals surface area (Å²) in [5.74, 6) is 0.714. The lowest BCUT2D eigenvalue weighted by Crippen LogP contribution is -2.30. The van der Waals surface area contributed by atoms with Gasteiger partial charge in [0.15, 0.2) is 0 Å². The number of hydrogen-bond acceptors (Lipinski definition) is 3. The van der Waals surface area contributed by atoms with Crippen molar-refractivity contribution in [1.29, 1.82) is 0 Å². The Morgan fingerprint density at radius 1 is 1.14 bits per heavy atom. The van der Waals surface area contributed by atoms with E-state index in [0.29, 0.717) is 17.8 Å². The van der Waals surface area contributed by atoms with Gasteiger partial charge in [0.05, 0.1) is 0 Å². The van der Waals surface area contributed by atoms with Crippen LogP contribution in [0.5, 0.6) is 5.75 Å². The molecule has 22 heavy (non-hydrogen) atoms. The summed E-state index contributed by atoms with van der Waals surface area (Å²) in [6.07, 6.45) is 3.70. The van der Waals surface area contributed by atoms with Crippen LogP contribution >= 0.6 is 0 Å². The van der Waals surface area contributed by atoms with E-state index in [0.717, 1.165) is 16.3 Å². The summed E-state index contributed by atoms with van der Waals surface area (Å²) in [4.78, 5) is 0. The molecule has 0 heterocycles. The van der Waals surface area contributed by atoms with Crippen molar-refractivity contribution in [1.82, 2.24) is 0 Å². The summed E-state index contributed by atoms with van der Waals surface area (Å²) in [5, 5.41) is 20.4. The van der Waals surface area contributed by atoms with Gasteiger partial charge in [-0.15, -0.1) is 0 Å². The summed E-state index contributed by atoms with van der Waals surface area (Å²) in [5.41, 5.74) is 1.48. The molecule has 0 bridgehead atoms. The first-order valence-corrected chi connectivity index (χ1v) is 7.45. The van der Waals surface area contributed by atoms with E-state index in [4.69, 9.17) is 4.74 Å². The molecule has 2 aromatic carbocycles. The highest BCUT2D eigenvalue weighted by atomic mass is 16.5. The number of rotatable bonds is 5. The average molecular weight is 298 g/mol. The van der Waals surface area contributed by atoms with Gasteiger partial charge in [0, 0.05) is 5.39 Å². The molecule has 2 aromatic rings. The summed E-state index contributed by atoms with van der Waals surface area (Å²) in [6.45, 7) is 10.1. The lowest BCUT2D eigenvalue weighted by atomic mass is 9.77. The Morgan fingerprint density at radius 2 is 1.77 bits per heavy atom. The molecule has 2 N–H and O–H groups in total. The molecular formula is C18H23BO3. The molecule has 0 aliphatic heterocycles. The monoisotopic (exact) mass is 298 g/mol. The SMILES string of the molecule is C=C/C(=C\C)COc1ccc(B(O)O)c2ccccc12.CC. The van der Waals surface area contributed by atoms with Crippen LogP contribution in [0.1, 0.15) is 20.8 Å². The van der Waals surface area contributed by atoms with Crippen molar-refractivity contribution < 1.29 is 14.8 Å². The number of allylic oxidation sites excluding steroid dienone is 1. The highest BCUT2D eigenvalue weighted by molar-refractivity contribution is 6.62. The molecule has 3 nitrogen and oxygen atoms in total. The van der Waals surface area contributed by atoms with Gasteiger partial charge in [-0.3, -0.25) is 0 Å². The predicted octanol–water partition coefficient (Wildman–Crippen LogP) is 3.06. The third-order valence-corrected chi connectivity index (χ3v) is 3.22. The van der Waals surface area contributed by atoms with Crippen molar-refractivity contribution >= 4 is 23.4 Å². The minimum absolute atomic E-state index is 0.436. The molecule has 116 valence electrons. The fourth-order valence-corrected chi connectivity index (χ4v) is 2.07. The third kappa shape index (κ3) is 4.23. The molecule has 0 spiro atoms. The molecule has 0 amide bonds. The van der Waals surface area contributed by atoms with Gasteiger partial charge in [0.2, 0.25) is 0 Å². The van der Waals surface area contributed by atoms with Crippen LogP contribution in [0.3, 0.4) is 0 Å². The second-order valence-corrected chi connectivity index (χ2v) is 4.43. The lowest BCUT2D eigenvalue weighted by Gasteiger charge is -2.12. The first-order valence-electron chi connectivity index (χ1n) is 7.45. The first kappa shape index (κ1) is 18.0. The van der Waals surface area contributed by atoms with Crippen LogP contribution in [0.25, 0.3) is 10.8 Å². The molecule has 0 fully saturated rings. The molecule has 2 rings (SSSR count). The van der Waals surface area contributed by atoms with Gasteiger partial charge in [0.1, 0.15) is 12.4 Å². The van der Waals surface area contributed by atoms with Crippen LogP contribution in [0.15, 0.2) is 60.7 Å². The Bertz CT molecular complexity index is 648. The highest BCUT2D eigenvalue weighted by Crippen LogP contribution is 2.24. The van der Waals surface area contributed by atoms with E-state index in [-0.39, 0.29) is 0 Å². The molecule has 0 aliphatic rings. The molecule has 0 saturated carbocycles. The van der Waals surface area contributed by atoms with Gasteiger partial charge >= 0.3 is 7.12 Å². The van der Waals surface area contributed by atoms with Crippen LogP contribution in [-0.2, 0) is 0 Å². The molecular weight excluding hydrogens is 275 g/mol.